The lowest BCUT2D eigenvalue weighted by Gasteiger charge is -2.26. The number of ether oxygens (including phenoxy) is 1. The highest BCUT2D eigenvalue weighted by molar-refractivity contribution is 6.08. The Hall–Kier alpha value is -3.06. The lowest BCUT2D eigenvalue weighted by Crippen LogP contribution is -2.38. The van der Waals surface area contributed by atoms with Crippen LogP contribution in [0.5, 0.6) is 0 Å². The van der Waals surface area contributed by atoms with Gasteiger partial charge in [0.15, 0.2) is 0 Å². The zero-order chi connectivity index (χ0) is 25.7. The number of esters is 1. The highest BCUT2D eigenvalue weighted by atomic mass is 16.5. The number of dihydropyridines is 1. The molecule has 0 spiro atoms. The lowest BCUT2D eigenvalue weighted by atomic mass is 9.97. The molecule has 1 aromatic heterocycles. The molecule has 1 amide bonds. The average molecular weight is 482 g/mol. The van der Waals surface area contributed by atoms with Gasteiger partial charge in [-0.2, -0.15) is 0 Å². The van der Waals surface area contributed by atoms with Gasteiger partial charge in [0.1, 0.15) is 6.23 Å². The van der Waals surface area contributed by atoms with Crippen molar-refractivity contribution < 1.29 is 19.4 Å². The molecule has 7 nitrogen and oxygen atoms in total. The van der Waals surface area contributed by atoms with Gasteiger partial charge in [0.2, 0.25) is 0 Å². The smallest absolute Gasteiger partial charge is 0.306 e. The van der Waals surface area contributed by atoms with Crippen molar-refractivity contribution in [3.63, 3.8) is 0 Å². The van der Waals surface area contributed by atoms with Gasteiger partial charge in [-0.15, -0.1) is 0 Å². The first-order valence-corrected chi connectivity index (χ1v) is 12.6. The van der Waals surface area contributed by atoms with E-state index in [2.05, 4.69) is 48.2 Å². The van der Waals surface area contributed by atoms with E-state index in [1.807, 2.05) is 26.0 Å². The molecular formula is C28H39N3O4. The van der Waals surface area contributed by atoms with E-state index in [4.69, 9.17) is 4.74 Å². The standard InChI is InChI=1S/C28H39N3O4/c1-7-9-21-12-19(6)30-28(34)23(21)15-29-27(33)22-13-20(10-11-25(32)35-8-2)14-24-26(22)18(5)16-31(24)17(3)4/h12-14,16-17,28,30,34H,7-11,15H2,1-6H3,(H,29,33). The first-order valence-electron chi connectivity index (χ1n) is 12.6. The van der Waals surface area contributed by atoms with Crippen LogP contribution in [0.25, 0.3) is 10.9 Å². The SMILES string of the molecule is CCCC1=C(CNC(=O)c2cc(CCC(=O)OCC)cc3c2c(C)cn3C(C)C)C(O)NC(C)=C1. The zero-order valence-corrected chi connectivity index (χ0v) is 21.8. The van der Waals surface area contributed by atoms with Crippen molar-refractivity contribution in [1.29, 1.82) is 0 Å². The maximum absolute atomic E-state index is 13.5. The Kier molecular flexibility index (Phi) is 8.78. The van der Waals surface area contributed by atoms with Gasteiger partial charge in [-0.1, -0.05) is 13.3 Å². The second-order valence-electron chi connectivity index (χ2n) is 9.51. The number of rotatable bonds is 10. The Labute approximate surface area is 208 Å². The number of hydrogen-bond acceptors (Lipinski definition) is 5. The van der Waals surface area contributed by atoms with Crippen molar-refractivity contribution in [2.45, 2.75) is 79.5 Å². The monoisotopic (exact) mass is 481 g/mol. The van der Waals surface area contributed by atoms with E-state index in [1.54, 1.807) is 6.92 Å². The van der Waals surface area contributed by atoms with E-state index in [0.717, 1.165) is 51.7 Å². The van der Waals surface area contributed by atoms with Crippen LogP contribution in [0, 0.1) is 6.92 Å². The Morgan fingerprint density at radius 3 is 2.60 bits per heavy atom. The van der Waals surface area contributed by atoms with Gasteiger partial charge in [0.05, 0.1) is 6.61 Å². The zero-order valence-electron chi connectivity index (χ0n) is 21.8. The minimum atomic E-state index is -0.818. The third-order valence-corrected chi connectivity index (χ3v) is 6.36. The summed E-state index contributed by atoms with van der Waals surface area (Å²) in [4.78, 5) is 25.5. The summed E-state index contributed by atoms with van der Waals surface area (Å²) in [5, 5.41) is 17.6. The molecule has 0 aliphatic carbocycles. The molecule has 0 saturated heterocycles. The normalized spacial score (nSPS) is 15.9. The van der Waals surface area contributed by atoms with Crippen LogP contribution in [0.1, 0.15) is 81.4 Å². The molecule has 2 aromatic rings. The Bertz CT molecular complexity index is 1160. The van der Waals surface area contributed by atoms with Crippen LogP contribution >= 0.6 is 0 Å². The van der Waals surface area contributed by atoms with E-state index in [0.29, 0.717) is 18.6 Å². The predicted molar refractivity (Wildman–Crippen MR) is 139 cm³/mol. The highest BCUT2D eigenvalue weighted by Crippen LogP contribution is 2.30. The maximum atomic E-state index is 13.5. The van der Waals surface area contributed by atoms with E-state index in [-0.39, 0.29) is 30.9 Å². The maximum Gasteiger partial charge on any atom is 0.306 e. The van der Waals surface area contributed by atoms with Crippen molar-refractivity contribution >= 4 is 22.8 Å². The summed E-state index contributed by atoms with van der Waals surface area (Å²) in [6, 6.07) is 4.18. The van der Waals surface area contributed by atoms with Crippen LogP contribution in [0.2, 0.25) is 0 Å². The fourth-order valence-electron chi connectivity index (χ4n) is 4.73. The third kappa shape index (κ3) is 6.14. The number of aliphatic hydroxyl groups excluding tert-OH is 1. The van der Waals surface area contributed by atoms with Gasteiger partial charge in [-0.05, 0) is 82.4 Å². The molecule has 0 bridgehead atoms. The number of aryl methyl sites for hydroxylation is 2. The topological polar surface area (TPSA) is 92.6 Å². The molecule has 0 radical (unpaired) electrons. The summed E-state index contributed by atoms with van der Waals surface area (Å²) in [6.07, 6.45) is 5.85. The van der Waals surface area contributed by atoms with Gasteiger partial charge in [-0.25, -0.2) is 0 Å². The van der Waals surface area contributed by atoms with Crippen LogP contribution in [0.4, 0.5) is 0 Å². The third-order valence-electron chi connectivity index (χ3n) is 6.36. The van der Waals surface area contributed by atoms with Crippen molar-refractivity contribution in [3.8, 4) is 0 Å². The van der Waals surface area contributed by atoms with Crippen LogP contribution in [0.3, 0.4) is 0 Å². The molecule has 1 unspecified atom stereocenters. The fraction of sp³-hybridized carbons (Fsp3) is 0.500. The number of amides is 1. The van der Waals surface area contributed by atoms with Crippen molar-refractivity contribution in [2.24, 2.45) is 0 Å². The summed E-state index contributed by atoms with van der Waals surface area (Å²) < 4.78 is 7.25. The number of allylic oxidation sites excluding steroid dienone is 3. The predicted octanol–water partition coefficient (Wildman–Crippen LogP) is 4.68. The largest absolute Gasteiger partial charge is 0.466 e. The number of carbonyl (C=O) groups is 2. The Balaban J connectivity index is 1.95. The second kappa shape index (κ2) is 11.6. The van der Waals surface area contributed by atoms with Crippen molar-refractivity contribution in [2.75, 3.05) is 13.2 Å². The number of nitrogens with one attached hydrogen (secondary N) is 2. The number of fused-ring (bicyclic) bond motifs is 1. The highest BCUT2D eigenvalue weighted by Gasteiger charge is 2.22. The van der Waals surface area contributed by atoms with Crippen LogP contribution in [0.15, 0.2) is 41.2 Å². The molecule has 35 heavy (non-hydrogen) atoms. The molecule has 1 aromatic carbocycles. The summed E-state index contributed by atoms with van der Waals surface area (Å²) in [5.74, 6) is -0.439. The van der Waals surface area contributed by atoms with Gasteiger partial charge < -0.3 is 25.0 Å². The quantitative estimate of drug-likeness (QED) is 0.429. The number of aromatic nitrogens is 1. The minimum Gasteiger partial charge on any atom is -0.466 e. The Morgan fingerprint density at radius 1 is 1.20 bits per heavy atom. The molecule has 3 N–H and O–H groups in total. The second-order valence-corrected chi connectivity index (χ2v) is 9.51. The number of benzene rings is 1. The van der Waals surface area contributed by atoms with Crippen LogP contribution in [-0.2, 0) is 16.0 Å². The van der Waals surface area contributed by atoms with E-state index in [9.17, 15) is 14.7 Å². The first kappa shape index (κ1) is 26.5. The number of carbonyl (C=O) groups excluding carboxylic acids is 2. The van der Waals surface area contributed by atoms with E-state index < -0.39 is 6.23 Å². The lowest BCUT2D eigenvalue weighted by molar-refractivity contribution is -0.143. The van der Waals surface area contributed by atoms with Crippen molar-refractivity contribution in [3.05, 3.63) is 57.9 Å². The molecule has 3 rings (SSSR count). The van der Waals surface area contributed by atoms with E-state index in [1.165, 1.54) is 0 Å². The summed E-state index contributed by atoms with van der Waals surface area (Å²) in [7, 11) is 0. The van der Waals surface area contributed by atoms with Crippen LogP contribution in [-0.4, -0.2) is 40.9 Å². The minimum absolute atomic E-state index is 0.195. The molecule has 2 heterocycles. The van der Waals surface area contributed by atoms with Crippen molar-refractivity contribution in [1.82, 2.24) is 15.2 Å². The molecule has 1 aliphatic rings. The van der Waals surface area contributed by atoms with E-state index >= 15 is 0 Å². The van der Waals surface area contributed by atoms with Gasteiger partial charge >= 0.3 is 5.97 Å². The summed E-state index contributed by atoms with van der Waals surface area (Å²) in [5.41, 5.74) is 6.27. The Morgan fingerprint density at radius 2 is 1.94 bits per heavy atom. The fourth-order valence-corrected chi connectivity index (χ4v) is 4.73. The molecule has 7 heteroatoms. The number of hydrogen-bond donors (Lipinski definition) is 3. The molecule has 1 aliphatic heterocycles. The summed E-state index contributed by atoms with van der Waals surface area (Å²) in [6.45, 7) is 12.7. The van der Waals surface area contributed by atoms with Gasteiger partial charge in [0.25, 0.3) is 5.91 Å². The first-order chi connectivity index (χ1) is 16.7. The molecule has 0 fully saturated rings. The number of aliphatic hydroxyl groups is 1. The molecule has 1 atom stereocenters. The summed E-state index contributed by atoms with van der Waals surface area (Å²) >= 11 is 0. The van der Waals surface area contributed by atoms with Gasteiger partial charge in [0, 0.05) is 52.9 Å². The average Bonchev–Trinajstić information content (AvgIpc) is 3.13. The van der Waals surface area contributed by atoms with Gasteiger partial charge in [-0.3, -0.25) is 9.59 Å². The molecular weight excluding hydrogens is 442 g/mol. The van der Waals surface area contributed by atoms with Crippen LogP contribution < -0.4 is 10.6 Å². The molecule has 190 valence electrons. The molecule has 0 saturated carbocycles. The number of nitrogens with zero attached hydrogens (tertiary/aromatic N) is 1.